The number of halogens is 2. The van der Waals surface area contributed by atoms with Crippen LogP contribution in [0.15, 0.2) is 23.1 Å². The standard InChI is InChI=1S/C13H16Cl2O4S/c1-2-3-4-5-8-19-13(16)11-9-10(20(15,17)18)6-7-12(11)14/h6-7,9H,2-5,8H2,1H3. The van der Waals surface area contributed by atoms with Crippen LogP contribution in [0.25, 0.3) is 0 Å². The average molecular weight is 339 g/mol. The Morgan fingerprint density at radius 3 is 2.55 bits per heavy atom. The number of hydrogen-bond donors (Lipinski definition) is 0. The molecule has 0 heterocycles. The van der Waals surface area contributed by atoms with E-state index in [2.05, 4.69) is 6.92 Å². The van der Waals surface area contributed by atoms with Gasteiger partial charge in [0.25, 0.3) is 9.05 Å². The van der Waals surface area contributed by atoms with Crippen molar-refractivity contribution in [3.8, 4) is 0 Å². The van der Waals surface area contributed by atoms with Gasteiger partial charge in [0.05, 0.1) is 22.1 Å². The zero-order chi connectivity index (χ0) is 15.2. The Morgan fingerprint density at radius 2 is 1.95 bits per heavy atom. The largest absolute Gasteiger partial charge is 0.462 e. The normalized spacial score (nSPS) is 11.3. The first-order valence-electron chi connectivity index (χ1n) is 6.27. The summed E-state index contributed by atoms with van der Waals surface area (Å²) in [6, 6.07) is 3.67. The Kier molecular flexibility index (Phi) is 6.79. The van der Waals surface area contributed by atoms with Crippen molar-refractivity contribution in [2.45, 2.75) is 37.5 Å². The zero-order valence-electron chi connectivity index (χ0n) is 11.1. The van der Waals surface area contributed by atoms with E-state index in [1.165, 1.54) is 12.1 Å². The number of ether oxygens (including phenoxy) is 1. The van der Waals surface area contributed by atoms with Gasteiger partial charge in [-0.05, 0) is 24.6 Å². The van der Waals surface area contributed by atoms with Crippen LogP contribution in [0.2, 0.25) is 5.02 Å². The van der Waals surface area contributed by atoms with Crippen molar-refractivity contribution in [3.05, 3.63) is 28.8 Å². The number of carbonyl (C=O) groups is 1. The van der Waals surface area contributed by atoms with Gasteiger partial charge >= 0.3 is 5.97 Å². The molecular weight excluding hydrogens is 323 g/mol. The Balaban J connectivity index is 2.72. The van der Waals surface area contributed by atoms with Gasteiger partial charge < -0.3 is 4.74 Å². The quantitative estimate of drug-likeness (QED) is 0.428. The molecule has 1 rings (SSSR count). The lowest BCUT2D eigenvalue weighted by atomic mass is 10.2. The average Bonchev–Trinajstić information content (AvgIpc) is 2.37. The van der Waals surface area contributed by atoms with Crippen LogP contribution in [0.4, 0.5) is 0 Å². The van der Waals surface area contributed by atoms with E-state index in [0.717, 1.165) is 31.7 Å². The molecule has 0 spiro atoms. The van der Waals surface area contributed by atoms with Crippen molar-refractivity contribution in [1.82, 2.24) is 0 Å². The third-order valence-electron chi connectivity index (χ3n) is 2.67. The molecule has 1 aromatic carbocycles. The van der Waals surface area contributed by atoms with Crippen molar-refractivity contribution in [2.75, 3.05) is 6.61 Å². The first-order chi connectivity index (χ1) is 9.36. The van der Waals surface area contributed by atoms with E-state index in [9.17, 15) is 13.2 Å². The van der Waals surface area contributed by atoms with Gasteiger partial charge in [0.2, 0.25) is 0 Å². The number of rotatable bonds is 7. The molecule has 0 N–H and O–H groups in total. The summed E-state index contributed by atoms with van der Waals surface area (Å²) in [6.45, 7) is 2.37. The minimum absolute atomic E-state index is 0.00360. The van der Waals surface area contributed by atoms with Crippen LogP contribution in [0.3, 0.4) is 0 Å². The molecule has 7 heteroatoms. The highest BCUT2D eigenvalue weighted by molar-refractivity contribution is 8.13. The first-order valence-corrected chi connectivity index (χ1v) is 8.96. The van der Waals surface area contributed by atoms with Gasteiger partial charge in [-0.25, -0.2) is 13.2 Å². The molecule has 0 aliphatic rings. The van der Waals surface area contributed by atoms with E-state index in [0.29, 0.717) is 0 Å². The van der Waals surface area contributed by atoms with Crippen LogP contribution in [0.5, 0.6) is 0 Å². The van der Waals surface area contributed by atoms with E-state index in [-0.39, 0.29) is 22.1 Å². The highest BCUT2D eigenvalue weighted by Crippen LogP contribution is 2.23. The van der Waals surface area contributed by atoms with E-state index in [1.54, 1.807) is 0 Å². The van der Waals surface area contributed by atoms with Crippen molar-refractivity contribution in [3.63, 3.8) is 0 Å². The number of carbonyl (C=O) groups excluding carboxylic acids is 1. The Bertz CT molecular complexity index is 570. The molecule has 0 aliphatic heterocycles. The number of benzene rings is 1. The predicted molar refractivity (Wildman–Crippen MR) is 78.9 cm³/mol. The molecule has 0 saturated heterocycles. The summed E-state index contributed by atoms with van der Waals surface area (Å²) in [5, 5.41) is 0.132. The fourth-order valence-corrected chi connectivity index (χ4v) is 2.56. The van der Waals surface area contributed by atoms with Gasteiger partial charge in [-0.3, -0.25) is 0 Å². The lowest BCUT2D eigenvalue weighted by Crippen LogP contribution is -2.08. The van der Waals surface area contributed by atoms with E-state index >= 15 is 0 Å². The molecule has 4 nitrogen and oxygen atoms in total. The summed E-state index contributed by atoms with van der Waals surface area (Å²) in [5.74, 6) is -0.645. The molecule has 0 aliphatic carbocycles. The van der Waals surface area contributed by atoms with E-state index < -0.39 is 15.0 Å². The van der Waals surface area contributed by atoms with Gasteiger partial charge in [-0.15, -0.1) is 0 Å². The number of unbranched alkanes of at least 4 members (excludes halogenated alkanes) is 3. The van der Waals surface area contributed by atoms with Crippen LogP contribution in [-0.2, 0) is 13.8 Å². The topological polar surface area (TPSA) is 60.4 Å². The van der Waals surface area contributed by atoms with Crippen LogP contribution in [0, 0.1) is 0 Å². The Labute approximate surface area is 128 Å². The molecule has 0 fully saturated rings. The molecule has 0 saturated carbocycles. The summed E-state index contributed by atoms with van der Waals surface area (Å²) in [6.07, 6.45) is 3.92. The lowest BCUT2D eigenvalue weighted by molar-refractivity contribution is 0.0497. The molecule has 1 aromatic rings. The lowest BCUT2D eigenvalue weighted by Gasteiger charge is -2.07. The minimum atomic E-state index is -3.90. The highest BCUT2D eigenvalue weighted by Gasteiger charge is 2.17. The Hall–Kier alpha value is -0.780. The first kappa shape index (κ1) is 17.3. The van der Waals surface area contributed by atoms with Crippen molar-refractivity contribution >= 4 is 37.3 Å². The number of hydrogen-bond acceptors (Lipinski definition) is 4. The van der Waals surface area contributed by atoms with Gasteiger partial charge in [-0.2, -0.15) is 0 Å². The van der Waals surface area contributed by atoms with E-state index in [4.69, 9.17) is 27.0 Å². The number of esters is 1. The molecule has 20 heavy (non-hydrogen) atoms. The second-order valence-electron chi connectivity index (χ2n) is 4.28. The van der Waals surface area contributed by atoms with Crippen molar-refractivity contribution in [2.24, 2.45) is 0 Å². The van der Waals surface area contributed by atoms with Gasteiger partial charge in [-0.1, -0.05) is 37.8 Å². The molecule has 0 aromatic heterocycles. The summed E-state index contributed by atoms with van der Waals surface area (Å²) >= 11 is 5.86. The van der Waals surface area contributed by atoms with Crippen LogP contribution >= 0.6 is 22.3 Å². The summed E-state index contributed by atoms with van der Waals surface area (Å²) in [5.41, 5.74) is 0.00360. The zero-order valence-corrected chi connectivity index (χ0v) is 13.4. The molecular formula is C13H16Cl2O4S. The summed E-state index contributed by atoms with van der Waals surface area (Å²) in [7, 11) is 1.32. The van der Waals surface area contributed by atoms with Crippen molar-refractivity contribution < 1.29 is 17.9 Å². The molecule has 0 bridgehead atoms. The molecule has 0 unspecified atom stereocenters. The highest BCUT2D eigenvalue weighted by atomic mass is 35.7. The monoisotopic (exact) mass is 338 g/mol. The summed E-state index contributed by atoms with van der Waals surface area (Å²) in [4.78, 5) is 11.7. The molecule has 0 radical (unpaired) electrons. The maximum Gasteiger partial charge on any atom is 0.339 e. The van der Waals surface area contributed by atoms with E-state index in [1.807, 2.05) is 0 Å². The third kappa shape index (κ3) is 5.31. The molecule has 0 amide bonds. The smallest absolute Gasteiger partial charge is 0.339 e. The maximum absolute atomic E-state index is 11.8. The van der Waals surface area contributed by atoms with Crippen LogP contribution in [-0.4, -0.2) is 21.0 Å². The fourth-order valence-electron chi connectivity index (χ4n) is 1.58. The van der Waals surface area contributed by atoms with Crippen molar-refractivity contribution in [1.29, 1.82) is 0 Å². The SMILES string of the molecule is CCCCCCOC(=O)c1cc(S(=O)(=O)Cl)ccc1Cl. The van der Waals surface area contributed by atoms with Crippen LogP contribution < -0.4 is 0 Å². The third-order valence-corrected chi connectivity index (χ3v) is 4.35. The molecule has 0 atom stereocenters. The van der Waals surface area contributed by atoms with Crippen LogP contribution in [0.1, 0.15) is 43.0 Å². The van der Waals surface area contributed by atoms with Gasteiger partial charge in [0.1, 0.15) is 0 Å². The molecule has 112 valence electrons. The summed E-state index contributed by atoms with van der Waals surface area (Å²) < 4.78 is 27.5. The predicted octanol–water partition coefficient (Wildman–Crippen LogP) is 4.00. The Morgan fingerprint density at radius 1 is 1.25 bits per heavy atom. The maximum atomic E-state index is 11.8. The second kappa shape index (κ2) is 7.86. The van der Waals surface area contributed by atoms with Gasteiger partial charge in [0.15, 0.2) is 0 Å². The second-order valence-corrected chi connectivity index (χ2v) is 7.25. The van der Waals surface area contributed by atoms with Gasteiger partial charge in [0, 0.05) is 10.7 Å². The fraction of sp³-hybridized carbons (Fsp3) is 0.462. The minimum Gasteiger partial charge on any atom is -0.462 e.